The van der Waals surface area contributed by atoms with E-state index in [2.05, 4.69) is 35.7 Å². The Bertz CT molecular complexity index is 476. The molecule has 1 aliphatic heterocycles. The number of amides is 1. The van der Waals surface area contributed by atoms with Crippen molar-refractivity contribution in [2.24, 2.45) is 5.92 Å². The van der Waals surface area contributed by atoms with Crippen molar-refractivity contribution in [1.82, 2.24) is 14.9 Å². The average molecular weight is 333 g/mol. The third-order valence-electron chi connectivity index (χ3n) is 4.43. The zero-order valence-electron chi connectivity index (χ0n) is 14.5. The van der Waals surface area contributed by atoms with E-state index in [1.54, 1.807) is 6.92 Å². The molecule has 2 N–H and O–H groups in total. The largest absolute Gasteiger partial charge is 0.353 e. The fourth-order valence-electron chi connectivity index (χ4n) is 2.89. The molecule has 0 radical (unpaired) electrons. The molecule has 1 aliphatic rings. The lowest BCUT2D eigenvalue weighted by Crippen LogP contribution is -2.56. The number of sulfonamides is 1. The Kier molecular flexibility index (Phi) is 6.83. The van der Waals surface area contributed by atoms with Crippen LogP contribution in [0.5, 0.6) is 0 Å². The first-order valence-corrected chi connectivity index (χ1v) is 9.94. The maximum atomic E-state index is 12.0. The van der Waals surface area contributed by atoms with Crippen LogP contribution in [0, 0.1) is 5.92 Å². The van der Waals surface area contributed by atoms with Crippen LogP contribution in [0.4, 0.5) is 0 Å². The molecular formula is C15H31N3O3S. The third-order valence-corrected chi connectivity index (χ3v) is 5.21. The van der Waals surface area contributed by atoms with E-state index in [1.807, 2.05) is 0 Å². The van der Waals surface area contributed by atoms with Gasteiger partial charge in [-0.2, -0.15) is 0 Å². The molecule has 1 amide bonds. The minimum Gasteiger partial charge on any atom is -0.353 e. The smallest absolute Gasteiger partial charge is 0.237 e. The van der Waals surface area contributed by atoms with Gasteiger partial charge >= 0.3 is 0 Å². The van der Waals surface area contributed by atoms with Crippen LogP contribution < -0.4 is 10.0 Å². The Morgan fingerprint density at radius 2 is 2.05 bits per heavy atom. The van der Waals surface area contributed by atoms with E-state index in [9.17, 15) is 13.2 Å². The molecule has 0 bridgehead atoms. The number of hydrogen-bond acceptors (Lipinski definition) is 4. The zero-order chi connectivity index (χ0) is 17.0. The molecule has 22 heavy (non-hydrogen) atoms. The Morgan fingerprint density at radius 3 is 2.59 bits per heavy atom. The van der Waals surface area contributed by atoms with Crippen molar-refractivity contribution < 1.29 is 13.2 Å². The summed E-state index contributed by atoms with van der Waals surface area (Å²) in [5.74, 6) is 0.442. The maximum Gasteiger partial charge on any atom is 0.237 e. The molecule has 0 saturated carbocycles. The summed E-state index contributed by atoms with van der Waals surface area (Å²) in [7, 11) is -3.37. The van der Waals surface area contributed by atoms with Gasteiger partial charge in [0, 0.05) is 18.6 Å². The van der Waals surface area contributed by atoms with Crippen molar-refractivity contribution in [3.8, 4) is 0 Å². The van der Waals surface area contributed by atoms with Crippen LogP contribution in [0.3, 0.4) is 0 Å². The van der Waals surface area contributed by atoms with Crippen molar-refractivity contribution >= 4 is 15.9 Å². The van der Waals surface area contributed by atoms with E-state index >= 15 is 0 Å². The minimum atomic E-state index is -3.37. The number of carbonyl (C=O) groups excluding carboxylic acids is 1. The standard InChI is InChI=1S/C15H31N3O3S/c1-6-13-8-7-9-18(10-13)15(3,4)11-16-14(19)12(2)17-22(5,20)21/h12-13,17H,6-11H2,1-5H3,(H,16,19)/t12-,13+/m1/s1. The van der Waals surface area contributed by atoms with Gasteiger partial charge in [-0.1, -0.05) is 13.3 Å². The van der Waals surface area contributed by atoms with E-state index in [0.717, 1.165) is 25.3 Å². The van der Waals surface area contributed by atoms with Gasteiger partial charge in [0.15, 0.2) is 0 Å². The quantitative estimate of drug-likeness (QED) is 0.727. The van der Waals surface area contributed by atoms with Gasteiger partial charge in [-0.05, 0) is 46.1 Å². The number of likely N-dealkylation sites (tertiary alicyclic amines) is 1. The summed E-state index contributed by atoms with van der Waals surface area (Å²) in [6.45, 7) is 10.7. The molecule has 0 aromatic heterocycles. The average Bonchev–Trinajstić information content (AvgIpc) is 2.43. The highest BCUT2D eigenvalue weighted by Gasteiger charge is 2.31. The van der Waals surface area contributed by atoms with E-state index in [4.69, 9.17) is 0 Å². The first kappa shape index (κ1) is 19.4. The van der Waals surface area contributed by atoms with Crippen LogP contribution >= 0.6 is 0 Å². The van der Waals surface area contributed by atoms with E-state index < -0.39 is 16.1 Å². The van der Waals surface area contributed by atoms with Crippen LogP contribution in [-0.2, 0) is 14.8 Å². The lowest BCUT2D eigenvalue weighted by molar-refractivity contribution is -0.123. The summed E-state index contributed by atoms with van der Waals surface area (Å²) < 4.78 is 24.6. The molecule has 130 valence electrons. The summed E-state index contributed by atoms with van der Waals surface area (Å²) in [4.78, 5) is 14.4. The molecule has 7 heteroatoms. The molecule has 0 aliphatic carbocycles. The van der Waals surface area contributed by atoms with Crippen LogP contribution in [0.1, 0.15) is 47.0 Å². The Balaban J connectivity index is 2.52. The normalized spacial score (nSPS) is 22.3. The highest BCUT2D eigenvalue weighted by molar-refractivity contribution is 7.88. The van der Waals surface area contributed by atoms with Gasteiger partial charge in [-0.25, -0.2) is 13.1 Å². The Hall–Kier alpha value is -0.660. The number of nitrogens with one attached hydrogen (secondary N) is 2. The summed E-state index contributed by atoms with van der Waals surface area (Å²) in [5.41, 5.74) is -0.131. The predicted molar refractivity (Wildman–Crippen MR) is 89.1 cm³/mol. The van der Waals surface area contributed by atoms with Crippen molar-refractivity contribution in [3.05, 3.63) is 0 Å². The second-order valence-electron chi connectivity index (χ2n) is 7.00. The van der Waals surface area contributed by atoms with Crippen molar-refractivity contribution in [2.45, 2.75) is 58.5 Å². The first-order valence-electron chi connectivity index (χ1n) is 8.05. The third kappa shape index (κ3) is 6.22. The first-order chi connectivity index (χ1) is 10.0. The molecular weight excluding hydrogens is 302 g/mol. The molecule has 1 heterocycles. The lowest BCUT2D eigenvalue weighted by atomic mass is 9.91. The summed E-state index contributed by atoms with van der Waals surface area (Å²) in [6, 6.07) is -0.754. The molecule has 0 aromatic rings. The van der Waals surface area contributed by atoms with Crippen LogP contribution in [-0.4, -0.2) is 56.7 Å². The highest BCUT2D eigenvalue weighted by atomic mass is 32.2. The lowest BCUT2D eigenvalue weighted by Gasteiger charge is -2.43. The van der Waals surface area contributed by atoms with Gasteiger partial charge in [-0.3, -0.25) is 9.69 Å². The SMILES string of the molecule is CC[C@H]1CCCN(C(C)(C)CNC(=O)[C@@H](C)NS(C)(=O)=O)C1. The molecule has 1 rings (SSSR count). The molecule has 2 atom stereocenters. The predicted octanol–water partition coefficient (Wildman–Crippen LogP) is 0.941. The summed E-state index contributed by atoms with van der Waals surface area (Å²) in [6.07, 6.45) is 4.72. The number of piperidine rings is 1. The molecule has 1 fully saturated rings. The van der Waals surface area contributed by atoms with Gasteiger partial charge in [0.25, 0.3) is 0 Å². The van der Waals surface area contributed by atoms with Gasteiger partial charge in [0.1, 0.15) is 0 Å². The zero-order valence-corrected chi connectivity index (χ0v) is 15.3. The summed E-state index contributed by atoms with van der Waals surface area (Å²) >= 11 is 0. The Morgan fingerprint density at radius 1 is 1.41 bits per heavy atom. The van der Waals surface area contributed by atoms with Crippen molar-refractivity contribution in [3.63, 3.8) is 0 Å². The van der Waals surface area contributed by atoms with Crippen molar-refractivity contribution in [2.75, 3.05) is 25.9 Å². The van der Waals surface area contributed by atoms with Crippen LogP contribution in [0.15, 0.2) is 0 Å². The monoisotopic (exact) mass is 333 g/mol. The number of hydrogen-bond donors (Lipinski definition) is 2. The topological polar surface area (TPSA) is 78.5 Å². The maximum absolute atomic E-state index is 12.0. The molecule has 0 unspecified atom stereocenters. The number of rotatable bonds is 7. The van der Waals surface area contributed by atoms with E-state index in [0.29, 0.717) is 6.54 Å². The van der Waals surface area contributed by atoms with Gasteiger partial charge in [-0.15, -0.1) is 0 Å². The molecule has 0 spiro atoms. The van der Waals surface area contributed by atoms with Gasteiger partial charge < -0.3 is 5.32 Å². The summed E-state index contributed by atoms with van der Waals surface area (Å²) in [5, 5.41) is 2.87. The van der Waals surface area contributed by atoms with E-state index in [-0.39, 0.29) is 11.4 Å². The number of nitrogens with zero attached hydrogens (tertiary/aromatic N) is 1. The molecule has 0 aromatic carbocycles. The van der Waals surface area contributed by atoms with Crippen molar-refractivity contribution in [1.29, 1.82) is 0 Å². The van der Waals surface area contributed by atoms with Crippen LogP contribution in [0.2, 0.25) is 0 Å². The fourth-order valence-corrected chi connectivity index (χ4v) is 3.64. The second kappa shape index (κ2) is 7.75. The Labute approximate surface area is 135 Å². The highest BCUT2D eigenvalue weighted by Crippen LogP contribution is 2.25. The number of carbonyl (C=O) groups is 1. The second-order valence-corrected chi connectivity index (χ2v) is 8.78. The van der Waals surface area contributed by atoms with Gasteiger partial charge in [0.05, 0.1) is 12.3 Å². The molecule has 6 nitrogen and oxygen atoms in total. The van der Waals surface area contributed by atoms with E-state index in [1.165, 1.54) is 19.3 Å². The fraction of sp³-hybridized carbons (Fsp3) is 0.933. The minimum absolute atomic E-state index is 0.131. The van der Waals surface area contributed by atoms with Gasteiger partial charge in [0.2, 0.25) is 15.9 Å². The van der Waals surface area contributed by atoms with Crippen LogP contribution in [0.25, 0.3) is 0 Å². The molecule has 1 saturated heterocycles.